The van der Waals surface area contributed by atoms with Gasteiger partial charge in [0.15, 0.2) is 0 Å². The van der Waals surface area contributed by atoms with E-state index in [-0.39, 0.29) is 0 Å². The molecule has 0 aromatic rings. The predicted molar refractivity (Wildman–Crippen MR) is 26.5 cm³/mol. The third-order valence-corrected chi connectivity index (χ3v) is 1.03. The topological polar surface area (TPSA) is 12.4 Å². The monoisotopic (exact) mass is 136 g/mol. The Balaban J connectivity index is 2.56. The fraction of sp³-hybridized carbons (Fsp3) is 0.800. The summed E-state index contributed by atoms with van der Waals surface area (Å²) in [6.45, 7) is 4.66. The van der Waals surface area contributed by atoms with Gasteiger partial charge in [0.25, 0.3) is 0 Å². The molecule has 0 spiro atoms. The van der Waals surface area contributed by atoms with Crippen LogP contribution in [0.2, 0.25) is 0 Å². The minimum absolute atomic E-state index is 0.954. The first kappa shape index (κ1) is 7.33. The van der Waals surface area contributed by atoms with Crippen molar-refractivity contribution in [3.63, 3.8) is 0 Å². The van der Waals surface area contributed by atoms with Gasteiger partial charge in [-0.15, -0.1) is 0 Å². The van der Waals surface area contributed by atoms with Gasteiger partial charge in [-0.05, 0) is 0 Å². The summed E-state index contributed by atoms with van der Waals surface area (Å²) in [7, 11) is 0. The van der Waals surface area contributed by atoms with Gasteiger partial charge in [0.05, 0.1) is 0 Å². The fourth-order valence-electron chi connectivity index (χ4n) is 0.353. The van der Waals surface area contributed by atoms with Crippen LogP contribution in [0.5, 0.6) is 0 Å². The molecule has 0 N–H and O–H groups in total. The van der Waals surface area contributed by atoms with Gasteiger partial charge in [0, 0.05) is 0 Å². The Kier molecular flexibility index (Phi) is 6.63. The van der Waals surface area contributed by atoms with Gasteiger partial charge in [0.1, 0.15) is 0 Å². The van der Waals surface area contributed by atoms with E-state index in [2.05, 4.69) is 26.9 Å². The molecule has 0 aromatic carbocycles. The van der Waals surface area contributed by atoms with Crippen LogP contribution in [0.25, 0.3) is 0 Å². The Labute approximate surface area is 53.3 Å². The molecule has 2 heteroatoms. The zero-order valence-corrected chi connectivity index (χ0v) is 5.67. The van der Waals surface area contributed by atoms with Crippen LogP contribution in [0, 0.1) is 6.92 Å². The molecule has 0 bridgehead atoms. The SMILES string of the molecule is [CH2-]CCCC[N]=[Cr]. The average Bonchev–Trinajstić information content (AvgIpc) is 1.69. The third kappa shape index (κ3) is 6.33. The summed E-state index contributed by atoms with van der Waals surface area (Å²) in [5, 5.41) is 0. The Bertz CT molecular complexity index is 45.3. The van der Waals surface area contributed by atoms with Crippen molar-refractivity contribution in [3.8, 4) is 0 Å². The second kappa shape index (κ2) is 6.33. The molecule has 0 saturated heterocycles. The van der Waals surface area contributed by atoms with Crippen LogP contribution in [0.3, 0.4) is 0 Å². The van der Waals surface area contributed by atoms with Gasteiger partial charge < -0.3 is 0 Å². The first-order chi connectivity index (χ1) is 3.41. The summed E-state index contributed by atoms with van der Waals surface area (Å²) >= 11 is 2.61. The zero-order valence-electron chi connectivity index (χ0n) is 4.39. The molecule has 0 amide bonds. The number of unbranched alkanes of at least 4 members (excludes halogenated alkanes) is 2. The van der Waals surface area contributed by atoms with E-state index >= 15 is 0 Å². The molecule has 0 rings (SSSR count). The van der Waals surface area contributed by atoms with Gasteiger partial charge in [-0.1, -0.05) is 0 Å². The molecule has 0 aliphatic rings. The normalized spacial score (nSPS) is 8.71. The summed E-state index contributed by atoms with van der Waals surface area (Å²) in [4.78, 5) is 0. The van der Waals surface area contributed by atoms with Crippen molar-refractivity contribution in [2.45, 2.75) is 19.3 Å². The molecular weight excluding hydrogens is 126 g/mol. The van der Waals surface area contributed by atoms with Crippen molar-refractivity contribution >= 4 is 0 Å². The Morgan fingerprint density at radius 3 is 2.57 bits per heavy atom. The van der Waals surface area contributed by atoms with Crippen molar-refractivity contribution in [2.75, 3.05) is 6.54 Å². The second-order valence-corrected chi connectivity index (χ2v) is 1.82. The van der Waals surface area contributed by atoms with E-state index < -0.39 is 0 Å². The van der Waals surface area contributed by atoms with Gasteiger partial charge in [-0.2, -0.15) is 0 Å². The van der Waals surface area contributed by atoms with Gasteiger partial charge >= 0.3 is 52.8 Å². The second-order valence-electron chi connectivity index (χ2n) is 1.41. The molecular formula is C5H10CrN-. The van der Waals surface area contributed by atoms with E-state index in [9.17, 15) is 0 Å². The van der Waals surface area contributed by atoms with Gasteiger partial charge in [0.2, 0.25) is 0 Å². The van der Waals surface area contributed by atoms with Crippen molar-refractivity contribution in [2.24, 2.45) is 3.93 Å². The summed E-state index contributed by atoms with van der Waals surface area (Å²) in [5.41, 5.74) is 0. The molecule has 0 aromatic heterocycles. The maximum atomic E-state index is 3.82. The summed E-state index contributed by atoms with van der Waals surface area (Å²) < 4.78 is 3.82. The van der Waals surface area contributed by atoms with Crippen molar-refractivity contribution in [1.29, 1.82) is 0 Å². The van der Waals surface area contributed by atoms with Crippen LogP contribution in [0.15, 0.2) is 3.93 Å². The Morgan fingerprint density at radius 1 is 1.43 bits per heavy atom. The van der Waals surface area contributed by atoms with E-state index in [1.165, 1.54) is 12.8 Å². The van der Waals surface area contributed by atoms with Crippen LogP contribution < -0.4 is 0 Å². The quantitative estimate of drug-likeness (QED) is 0.412. The van der Waals surface area contributed by atoms with Crippen molar-refractivity contribution in [3.05, 3.63) is 6.92 Å². The molecule has 0 heterocycles. The third-order valence-electron chi connectivity index (χ3n) is 0.749. The predicted octanol–water partition coefficient (Wildman–Crippen LogP) is 1.72. The van der Waals surface area contributed by atoms with E-state index in [0.29, 0.717) is 0 Å². The Morgan fingerprint density at radius 2 is 2.14 bits per heavy atom. The maximum absolute atomic E-state index is 3.82. The molecule has 0 atom stereocenters. The number of hydrogen-bond donors (Lipinski definition) is 0. The van der Waals surface area contributed by atoms with Gasteiger partial charge in [-0.3, -0.25) is 0 Å². The molecule has 0 radical (unpaired) electrons. The minimum atomic E-state index is 0.954. The van der Waals surface area contributed by atoms with E-state index in [1.54, 1.807) is 0 Å². The molecule has 0 aliphatic heterocycles. The molecule has 0 unspecified atom stereocenters. The van der Waals surface area contributed by atoms with Crippen molar-refractivity contribution in [1.82, 2.24) is 0 Å². The molecule has 0 aliphatic carbocycles. The molecule has 42 valence electrons. The summed E-state index contributed by atoms with van der Waals surface area (Å²) in [6.07, 6.45) is 3.41. The first-order valence-electron chi connectivity index (χ1n) is 2.50. The van der Waals surface area contributed by atoms with Crippen LogP contribution in [0.1, 0.15) is 19.3 Å². The van der Waals surface area contributed by atoms with Crippen molar-refractivity contribution < 1.29 is 16.1 Å². The van der Waals surface area contributed by atoms with Crippen LogP contribution in [-0.2, 0) is 16.1 Å². The summed E-state index contributed by atoms with van der Waals surface area (Å²) in [6, 6.07) is 0. The number of rotatable bonds is 4. The Hall–Kier alpha value is 0.332. The summed E-state index contributed by atoms with van der Waals surface area (Å²) in [5.74, 6) is 0. The van der Waals surface area contributed by atoms with E-state index in [1.807, 2.05) is 0 Å². The first-order valence-corrected chi connectivity index (χ1v) is 3.07. The molecule has 7 heavy (non-hydrogen) atoms. The van der Waals surface area contributed by atoms with Crippen LogP contribution in [-0.4, -0.2) is 6.54 Å². The molecule has 1 nitrogen and oxygen atoms in total. The van der Waals surface area contributed by atoms with Crippen LogP contribution >= 0.6 is 0 Å². The molecule has 0 fully saturated rings. The number of hydrogen-bond acceptors (Lipinski definition) is 1. The number of nitrogens with zero attached hydrogens (tertiary/aromatic N) is 1. The fourth-order valence-corrected chi connectivity index (χ4v) is 0.555. The van der Waals surface area contributed by atoms with Gasteiger partial charge in [-0.25, -0.2) is 0 Å². The van der Waals surface area contributed by atoms with E-state index in [4.69, 9.17) is 0 Å². The average molecular weight is 136 g/mol. The van der Waals surface area contributed by atoms with E-state index in [0.717, 1.165) is 13.0 Å². The molecule has 0 saturated carbocycles. The van der Waals surface area contributed by atoms with Crippen LogP contribution in [0.4, 0.5) is 0 Å². The zero-order chi connectivity index (χ0) is 5.54. The standard InChI is InChI=1S/C5H10N.Cr/c1-2-3-4-5-6;/h1-5H2;/q-1;.